The first kappa shape index (κ1) is 10.7. The van der Waals surface area contributed by atoms with Gasteiger partial charge in [0.1, 0.15) is 6.10 Å². The maximum atomic E-state index is 11.9. The van der Waals surface area contributed by atoms with Crippen LogP contribution in [0.1, 0.15) is 36.0 Å². The molecule has 0 saturated carbocycles. The molecule has 0 amide bonds. The smallest absolute Gasteiger partial charge is 0.339 e. The Kier molecular flexibility index (Phi) is 2.81. The molecular formula is C13H16N2O2. The lowest BCUT2D eigenvalue weighted by molar-refractivity contribution is 0.0177. The summed E-state index contributed by atoms with van der Waals surface area (Å²) in [5.74, 6) is -0.246. The van der Waals surface area contributed by atoms with Crippen LogP contribution in [0, 0.1) is 0 Å². The van der Waals surface area contributed by atoms with E-state index in [1.165, 1.54) is 12.8 Å². The fraction of sp³-hybridized carbons (Fsp3) is 0.538. The second-order valence-corrected chi connectivity index (χ2v) is 4.88. The molecule has 0 aromatic carbocycles. The number of pyridine rings is 1. The highest BCUT2D eigenvalue weighted by Gasteiger charge is 2.35. The number of carbonyl (C=O) groups excluding carboxylic acids is 1. The number of esters is 1. The third-order valence-electron chi connectivity index (χ3n) is 3.60. The van der Waals surface area contributed by atoms with Crippen molar-refractivity contribution in [2.75, 3.05) is 0 Å². The molecule has 3 rings (SSSR count). The number of carbonyl (C=O) groups is 1. The zero-order chi connectivity index (χ0) is 11.7. The summed E-state index contributed by atoms with van der Waals surface area (Å²) in [5.41, 5.74) is 0.540. The monoisotopic (exact) mass is 232 g/mol. The minimum absolute atomic E-state index is 0.0708. The molecule has 4 nitrogen and oxygen atoms in total. The molecule has 0 radical (unpaired) electrons. The van der Waals surface area contributed by atoms with Crippen LogP contribution in [0.5, 0.6) is 0 Å². The van der Waals surface area contributed by atoms with Crippen LogP contribution in [0.15, 0.2) is 24.5 Å². The first-order valence-electron chi connectivity index (χ1n) is 6.18. The molecule has 1 aromatic heterocycles. The van der Waals surface area contributed by atoms with E-state index < -0.39 is 0 Å². The van der Waals surface area contributed by atoms with Crippen LogP contribution in [-0.2, 0) is 4.74 Å². The van der Waals surface area contributed by atoms with Gasteiger partial charge in [0.2, 0.25) is 0 Å². The normalized spacial score (nSPS) is 31.2. The largest absolute Gasteiger partial charge is 0.459 e. The summed E-state index contributed by atoms with van der Waals surface area (Å²) in [7, 11) is 0. The fourth-order valence-corrected chi connectivity index (χ4v) is 2.80. The van der Waals surface area contributed by atoms with Gasteiger partial charge in [-0.05, 0) is 37.8 Å². The van der Waals surface area contributed by atoms with E-state index in [4.69, 9.17) is 4.74 Å². The van der Waals surface area contributed by atoms with Gasteiger partial charge in [-0.1, -0.05) is 0 Å². The number of nitrogens with one attached hydrogen (secondary N) is 1. The third kappa shape index (κ3) is 2.31. The van der Waals surface area contributed by atoms with Crippen molar-refractivity contribution in [3.05, 3.63) is 30.1 Å². The Morgan fingerprint density at radius 2 is 2.12 bits per heavy atom. The summed E-state index contributed by atoms with van der Waals surface area (Å²) in [6.45, 7) is 0. The summed E-state index contributed by atoms with van der Waals surface area (Å²) < 4.78 is 5.54. The number of rotatable bonds is 2. The molecular weight excluding hydrogens is 216 g/mol. The van der Waals surface area contributed by atoms with E-state index in [1.807, 2.05) is 0 Å². The second-order valence-electron chi connectivity index (χ2n) is 4.88. The average Bonchev–Trinajstić information content (AvgIpc) is 2.70. The van der Waals surface area contributed by atoms with Crippen LogP contribution in [0.3, 0.4) is 0 Å². The summed E-state index contributed by atoms with van der Waals surface area (Å²) in [4.78, 5) is 15.8. The maximum Gasteiger partial charge on any atom is 0.339 e. The van der Waals surface area contributed by atoms with Crippen molar-refractivity contribution >= 4 is 5.97 Å². The minimum Gasteiger partial charge on any atom is -0.459 e. The topological polar surface area (TPSA) is 51.2 Å². The number of hydrogen-bond donors (Lipinski definition) is 1. The van der Waals surface area contributed by atoms with Gasteiger partial charge in [-0.2, -0.15) is 0 Å². The van der Waals surface area contributed by atoms with Gasteiger partial charge in [-0.3, -0.25) is 4.98 Å². The van der Waals surface area contributed by atoms with Crippen LogP contribution in [-0.4, -0.2) is 29.1 Å². The Hall–Kier alpha value is -1.42. The Labute approximate surface area is 100 Å². The SMILES string of the molecule is O=C(OC1C[C@H]2CC[C@H](C1)N2)c1cccnc1. The van der Waals surface area contributed by atoms with Gasteiger partial charge in [0, 0.05) is 24.5 Å². The first-order chi connectivity index (χ1) is 8.31. The van der Waals surface area contributed by atoms with Crippen molar-refractivity contribution in [1.82, 2.24) is 10.3 Å². The predicted molar refractivity (Wildman–Crippen MR) is 62.6 cm³/mol. The third-order valence-corrected chi connectivity index (χ3v) is 3.60. The van der Waals surface area contributed by atoms with E-state index in [0.717, 1.165) is 12.8 Å². The summed E-state index contributed by atoms with van der Waals surface area (Å²) >= 11 is 0. The van der Waals surface area contributed by atoms with Gasteiger partial charge >= 0.3 is 5.97 Å². The summed E-state index contributed by atoms with van der Waals surface area (Å²) in [5, 5.41) is 3.53. The van der Waals surface area contributed by atoms with E-state index in [-0.39, 0.29) is 12.1 Å². The minimum atomic E-state index is -0.246. The number of aromatic nitrogens is 1. The van der Waals surface area contributed by atoms with Crippen LogP contribution in [0.2, 0.25) is 0 Å². The van der Waals surface area contributed by atoms with Crippen LogP contribution in [0.4, 0.5) is 0 Å². The molecule has 2 bridgehead atoms. The number of ether oxygens (including phenoxy) is 1. The van der Waals surface area contributed by atoms with E-state index in [9.17, 15) is 4.79 Å². The number of fused-ring (bicyclic) bond motifs is 2. The predicted octanol–water partition coefficient (Wildman–Crippen LogP) is 1.52. The number of piperidine rings is 1. The molecule has 0 spiro atoms. The zero-order valence-electron chi connectivity index (χ0n) is 9.63. The Bertz CT molecular complexity index is 395. The lowest BCUT2D eigenvalue weighted by Crippen LogP contribution is -2.42. The van der Waals surface area contributed by atoms with Crippen LogP contribution >= 0.6 is 0 Å². The van der Waals surface area contributed by atoms with Crippen molar-refractivity contribution in [3.8, 4) is 0 Å². The average molecular weight is 232 g/mol. The highest BCUT2D eigenvalue weighted by atomic mass is 16.5. The van der Waals surface area contributed by atoms with Crippen molar-refractivity contribution < 1.29 is 9.53 Å². The van der Waals surface area contributed by atoms with Crippen molar-refractivity contribution in [3.63, 3.8) is 0 Å². The highest BCUT2D eigenvalue weighted by Crippen LogP contribution is 2.28. The van der Waals surface area contributed by atoms with E-state index in [1.54, 1.807) is 24.5 Å². The summed E-state index contributed by atoms with van der Waals surface area (Å²) in [6, 6.07) is 4.58. The molecule has 2 atom stereocenters. The molecule has 2 saturated heterocycles. The highest BCUT2D eigenvalue weighted by molar-refractivity contribution is 5.89. The van der Waals surface area contributed by atoms with Crippen molar-refractivity contribution in [1.29, 1.82) is 0 Å². The van der Waals surface area contributed by atoms with Gasteiger partial charge in [-0.25, -0.2) is 4.79 Å². The summed E-state index contributed by atoms with van der Waals surface area (Å²) in [6.07, 6.45) is 7.60. The maximum absolute atomic E-state index is 11.9. The van der Waals surface area contributed by atoms with Gasteiger partial charge in [-0.15, -0.1) is 0 Å². The van der Waals surface area contributed by atoms with Gasteiger partial charge in [0.25, 0.3) is 0 Å². The molecule has 2 fully saturated rings. The zero-order valence-corrected chi connectivity index (χ0v) is 9.63. The van der Waals surface area contributed by atoms with E-state index in [0.29, 0.717) is 17.6 Å². The number of hydrogen-bond acceptors (Lipinski definition) is 4. The molecule has 90 valence electrons. The molecule has 1 N–H and O–H groups in total. The standard InChI is InChI=1S/C13H16N2O2/c16-13(9-2-1-5-14-8-9)17-12-6-10-3-4-11(7-12)15-10/h1-2,5,8,10-12,15H,3-4,6-7H2/t10-,11-/m1/s1. The van der Waals surface area contributed by atoms with Gasteiger partial charge in [0.05, 0.1) is 5.56 Å². The Morgan fingerprint density at radius 1 is 1.35 bits per heavy atom. The molecule has 2 aliphatic rings. The molecule has 17 heavy (non-hydrogen) atoms. The van der Waals surface area contributed by atoms with Crippen LogP contribution < -0.4 is 5.32 Å². The molecule has 2 aliphatic heterocycles. The lowest BCUT2D eigenvalue weighted by atomic mass is 10.0. The van der Waals surface area contributed by atoms with E-state index in [2.05, 4.69) is 10.3 Å². The molecule has 4 heteroatoms. The van der Waals surface area contributed by atoms with Crippen LogP contribution in [0.25, 0.3) is 0 Å². The van der Waals surface area contributed by atoms with Crippen molar-refractivity contribution in [2.24, 2.45) is 0 Å². The molecule has 3 heterocycles. The molecule has 0 unspecified atom stereocenters. The fourth-order valence-electron chi connectivity index (χ4n) is 2.80. The Balaban J connectivity index is 1.62. The van der Waals surface area contributed by atoms with Gasteiger partial charge < -0.3 is 10.1 Å². The number of nitrogens with zero attached hydrogens (tertiary/aromatic N) is 1. The quantitative estimate of drug-likeness (QED) is 0.785. The molecule has 0 aliphatic carbocycles. The second kappa shape index (κ2) is 4.45. The van der Waals surface area contributed by atoms with Gasteiger partial charge in [0.15, 0.2) is 0 Å². The lowest BCUT2D eigenvalue weighted by Gasteiger charge is -2.28. The first-order valence-corrected chi connectivity index (χ1v) is 6.18. The molecule has 1 aromatic rings. The van der Waals surface area contributed by atoms with Crippen molar-refractivity contribution in [2.45, 2.75) is 43.9 Å². The Morgan fingerprint density at radius 3 is 2.76 bits per heavy atom. The van der Waals surface area contributed by atoms with E-state index >= 15 is 0 Å².